The van der Waals surface area contributed by atoms with Crippen molar-refractivity contribution in [3.8, 4) is 0 Å². The molecule has 0 aromatic heterocycles. The average Bonchev–Trinajstić information content (AvgIpc) is 2.55. The zero-order chi connectivity index (χ0) is 15.4. The highest BCUT2D eigenvalue weighted by Gasteiger charge is 2.18. The molecule has 0 saturated heterocycles. The van der Waals surface area contributed by atoms with E-state index in [2.05, 4.69) is 28.5 Å². The highest BCUT2D eigenvalue weighted by molar-refractivity contribution is 5.95. The van der Waals surface area contributed by atoms with Crippen molar-refractivity contribution in [3.63, 3.8) is 0 Å². The third-order valence-electron chi connectivity index (χ3n) is 3.90. The Hall–Kier alpha value is -2.20. The van der Waals surface area contributed by atoms with E-state index in [1.54, 1.807) is 0 Å². The van der Waals surface area contributed by atoms with E-state index in [-0.39, 0.29) is 18.3 Å². The van der Waals surface area contributed by atoms with Crippen molar-refractivity contribution < 1.29 is 4.79 Å². The molecular formula is C18H22ClN3O. The van der Waals surface area contributed by atoms with Crippen molar-refractivity contribution in [2.75, 3.05) is 35.2 Å². The number of halogens is 1. The normalized spacial score (nSPS) is 12.7. The van der Waals surface area contributed by atoms with Crippen LogP contribution in [0.2, 0.25) is 0 Å². The Bertz CT molecular complexity index is 675. The first-order chi connectivity index (χ1) is 10.8. The lowest BCUT2D eigenvalue weighted by Gasteiger charge is -2.31. The molecule has 1 heterocycles. The molecule has 1 aliphatic rings. The number of nitrogens with zero attached hydrogens (tertiary/aromatic N) is 1. The van der Waals surface area contributed by atoms with Crippen molar-refractivity contribution in [2.45, 2.75) is 13.3 Å². The highest BCUT2D eigenvalue weighted by Crippen LogP contribution is 2.28. The fraction of sp³-hybridized carbons (Fsp3) is 0.278. The van der Waals surface area contributed by atoms with Gasteiger partial charge in [-0.3, -0.25) is 4.79 Å². The van der Waals surface area contributed by atoms with Crippen LogP contribution < -0.4 is 15.5 Å². The van der Waals surface area contributed by atoms with Gasteiger partial charge in [0.2, 0.25) is 5.91 Å². The molecule has 0 fully saturated rings. The van der Waals surface area contributed by atoms with E-state index < -0.39 is 0 Å². The molecule has 0 unspecified atom stereocenters. The van der Waals surface area contributed by atoms with Crippen LogP contribution >= 0.6 is 12.4 Å². The Morgan fingerprint density at radius 3 is 2.87 bits per heavy atom. The number of rotatable bonds is 4. The number of anilines is 3. The summed E-state index contributed by atoms with van der Waals surface area (Å²) in [5, 5.41) is 6.35. The van der Waals surface area contributed by atoms with Gasteiger partial charge >= 0.3 is 0 Å². The molecule has 0 radical (unpaired) electrons. The lowest BCUT2D eigenvalue weighted by Crippen LogP contribution is -2.39. The van der Waals surface area contributed by atoms with Crippen LogP contribution in [0.5, 0.6) is 0 Å². The van der Waals surface area contributed by atoms with Crippen LogP contribution in [0.4, 0.5) is 17.1 Å². The van der Waals surface area contributed by atoms with Crippen molar-refractivity contribution in [1.82, 2.24) is 0 Å². The zero-order valence-corrected chi connectivity index (χ0v) is 14.0. The number of carbonyl (C=O) groups excluding carboxylic acids is 1. The number of carbonyl (C=O) groups is 1. The summed E-state index contributed by atoms with van der Waals surface area (Å²) in [6.45, 7) is 4.17. The topological polar surface area (TPSA) is 44.4 Å². The van der Waals surface area contributed by atoms with Gasteiger partial charge in [-0.15, -0.1) is 12.4 Å². The highest BCUT2D eigenvalue weighted by atomic mass is 35.5. The molecule has 0 spiro atoms. The van der Waals surface area contributed by atoms with Gasteiger partial charge in [0.1, 0.15) is 0 Å². The van der Waals surface area contributed by atoms with Gasteiger partial charge in [0.25, 0.3) is 0 Å². The van der Waals surface area contributed by atoms with Gasteiger partial charge in [0.15, 0.2) is 0 Å². The van der Waals surface area contributed by atoms with Crippen LogP contribution in [-0.4, -0.2) is 25.5 Å². The van der Waals surface area contributed by atoms with E-state index in [1.165, 1.54) is 5.56 Å². The van der Waals surface area contributed by atoms with Gasteiger partial charge in [-0.05, 0) is 36.2 Å². The third-order valence-corrected chi connectivity index (χ3v) is 3.90. The van der Waals surface area contributed by atoms with Crippen LogP contribution in [0.1, 0.15) is 12.5 Å². The fourth-order valence-corrected chi connectivity index (χ4v) is 2.75. The molecule has 4 nitrogen and oxygen atoms in total. The number of aryl methyl sites for hydroxylation is 1. The summed E-state index contributed by atoms with van der Waals surface area (Å²) in [5.41, 5.74) is 4.28. The maximum Gasteiger partial charge on any atom is 0.243 e. The standard InChI is InChI=1S/C18H21N3O.ClH/c1-2-14-6-5-7-15(12-14)20-18(22)13-21-11-10-19-16-8-3-4-9-17(16)21;/h3-9,12,19H,2,10-11,13H2,1H3,(H,20,22);1H. The summed E-state index contributed by atoms with van der Waals surface area (Å²) in [6.07, 6.45) is 0.967. The summed E-state index contributed by atoms with van der Waals surface area (Å²) >= 11 is 0. The Balaban J connectivity index is 0.00000192. The third kappa shape index (κ3) is 4.17. The molecule has 5 heteroatoms. The number of amides is 1. The molecule has 1 amide bonds. The lowest BCUT2D eigenvalue weighted by atomic mass is 10.1. The summed E-state index contributed by atoms with van der Waals surface area (Å²) < 4.78 is 0. The summed E-state index contributed by atoms with van der Waals surface area (Å²) in [6, 6.07) is 16.1. The van der Waals surface area contributed by atoms with E-state index >= 15 is 0 Å². The van der Waals surface area contributed by atoms with Crippen LogP contribution in [0, 0.1) is 0 Å². The molecule has 23 heavy (non-hydrogen) atoms. The second-order valence-electron chi connectivity index (χ2n) is 5.47. The van der Waals surface area contributed by atoms with E-state index in [0.29, 0.717) is 6.54 Å². The smallest absolute Gasteiger partial charge is 0.243 e. The van der Waals surface area contributed by atoms with Gasteiger partial charge in [-0.1, -0.05) is 31.2 Å². The first-order valence-corrected chi connectivity index (χ1v) is 7.73. The fourth-order valence-electron chi connectivity index (χ4n) is 2.75. The number of benzene rings is 2. The number of hydrogen-bond donors (Lipinski definition) is 2. The second kappa shape index (κ2) is 7.88. The minimum Gasteiger partial charge on any atom is -0.382 e. The molecule has 1 aliphatic heterocycles. The van der Waals surface area contributed by atoms with Crippen molar-refractivity contribution in [3.05, 3.63) is 54.1 Å². The minimum absolute atomic E-state index is 0. The van der Waals surface area contributed by atoms with Crippen molar-refractivity contribution in [1.29, 1.82) is 0 Å². The maximum absolute atomic E-state index is 12.3. The lowest BCUT2D eigenvalue weighted by molar-refractivity contribution is -0.115. The maximum atomic E-state index is 12.3. The van der Waals surface area contributed by atoms with Crippen LogP contribution in [0.25, 0.3) is 0 Å². The summed E-state index contributed by atoms with van der Waals surface area (Å²) in [5.74, 6) is 0.0185. The first-order valence-electron chi connectivity index (χ1n) is 7.73. The summed E-state index contributed by atoms with van der Waals surface area (Å²) in [7, 11) is 0. The Morgan fingerprint density at radius 1 is 1.22 bits per heavy atom. The van der Waals surface area contributed by atoms with Gasteiger partial charge in [0.05, 0.1) is 17.9 Å². The van der Waals surface area contributed by atoms with Gasteiger partial charge < -0.3 is 15.5 Å². The molecule has 3 rings (SSSR count). The number of fused-ring (bicyclic) bond motifs is 1. The van der Waals surface area contributed by atoms with Crippen LogP contribution in [0.15, 0.2) is 48.5 Å². The molecule has 122 valence electrons. The predicted molar refractivity (Wildman–Crippen MR) is 98.8 cm³/mol. The summed E-state index contributed by atoms with van der Waals surface area (Å²) in [4.78, 5) is 14.4. The monoisotopic (exact) mass is 331 g/mol. The predicted octanol–water partition coefficient (Wildman–Crippen LogP) is 3.54. The van der Waals surface area contributed by atoms with Crippen LogP contribution in [0.3, 0.4) is 0 Å². The minimum atomic E-state index is 0. The molecule has 2 aromatic rings. The van der Waals surface area contributed by atoms with E-state index in [4.69, 9.17) is 0 Å². The number of nitrogens with one attached hydrogen (secondary N) is 2. The van der Waals surface area contributed by atoms with E-state index in [9.17, 15) is 4.79 Å². The SMILES string of the molecule is CCc1cccc(NC(=O)CN2CCNc3ccccc32)c1.Cl. The average molecular weight is 332 g/mol. The molecular weight excluding hydrogens is 310 g/mol. The van der Waals surface area contributed by atoms with Gasteiger partial charge in [-0.2, -0.15) is 0 Å². The molecule has 0 atom stereocenters. The number of hydrogen-bond acceptors (Lipinski definition) is 3. The zero-order valence-electron chi connectivity index (χ0n) is 13.2. The second-order valence-corrected chi connectivity index (χ2v) is 5.47. The van der Waals surface area contributed by atoms with E-state index in [1.807, 2.05) is 42.5 Å². The Morgan fingerprint density at radius 2 is 2.04 bits per heavy atom. The Labute approximate surface area is 143 Å². The molecule has 2 N–H and O–H groups in total. The Kier molecular flexibility index (Phi) is 5.88. The van der Waals surface area contributed by atoms with Gasteiger partial charge in [-0.25, -0.2) is 0 Å². The van der Waals surface area contributed by atoms with Crippen LogP contribution in [-0.2, 0) is 11.2 Å². The van der Waals surface area contributed by atoms with E-state index in [0.717, 1.165) is 36.6 Å². The first kappa shape index (κ1) is 17.2. The van der Waals surface area contributed by atoms with Gasteiger partial charge in [0, 0.05) is 18.8 Å². The largest absolute Gasteiger partial charge is 0.382 e. The molecule has 0 saturated carbocycles. The van der Waals surface area contributed by atoms with Crippen molar-refractivity contribution >= 4 is 35.4 Å². The molecule has 0 aliphatic carbocycles. The van der Waals surface area contributed by atoms with Crippen molar-refractivity contribution in [2.24, 2.45) is 0 Å². The number of para-hydroxylation sites is 2. The molecule has 2 aromatic carbocycles. The quantitative estimate of drug-likeness (QED) is 0.900. The molecule has 0 bridgehead atoms.